The van der Waals surface area contributed by atoms with E-state index in [9.17, 15) is 9.59 Å². The van der Waals surface area contributed by atoms with E-state index in [2.05, 4.69) is 11.8 Å². The number of para-hydroxylation sites is 1. The van der Waals surface area contributed by atoms with Gasteiger partial charge in [-0.1, -0.05) is 42.2 Å². The second-order valence-electron chi connectivity index (χ2n) is 7.41. The van der Waals surface area contributed by atoms with E-state index >= 15 is 8.78 Å². The number of ether oxygens (including phenoxy) is 1. The molecule has 32 heavy (non-hydrogen) atoms. The molecule has 7 heteroatoms. The second-order valence-corrected chi connectivity index (χ2v) is 7.41. The SMILES string of the molecule is O=c1c2ccccc2n(C2COC2)c(=O)n1-c1c(F)cc(C#Cc2ccccc2)cc1F. The Hall–Kier alpha value is -4.02. The lowest BCUT2D eigenvalue weighted by Gasteiger charge is -2.29. The molecule has 3 aromatic carbocycles. The lowest BCUT2D eigenvalue weighted by molar-refractivity contribution is -0.0236. The fourth-order valence-corrected chi connectivity index (χ4v) is 3.72. The zero-order valence-electron chi connectivity index (χ0n) is 16.7. The summed E-state index contributed by atoms with van der Waals surface area (Å²) >= 11 is 0. The molecule has 1 aliphatic heterocycles. The largest absolute Gasteiger partial charge is 0.377 e. The number of rotatable bonds is 2. The predicted molar refractivity (Wildman–Crippen MR) is 116 cm³/mol. The molecule has 0 radical (unpaired) electrons. The van der Waals surface area contributed by atoms with Crippen LogP contribution >= 0.6 is 0 Å². The Morgan fingerprint density at radius 2 is 1.47 bits per heavy atom. The summed E-state index contributed by atoms with van der Waals surface area (Å²) in [4.78, 5) is 26.3. The fraction of sp³-hybridized carbons (Fsp3) is 0.120. The molecule has 0 amide bonds. The van der Waals surface area contributed by atoms with Gasteiger partial charge >= 0.3 is 5.69 Å². The Bertz CT molecular complexity index is 1500. The first-order valence-electron chi connectivity index (χ1n) is 9.95. The molecule has 4 aromatic rings. The van der Waals surface area contributed by atoms with Gasteiger partial charge in [0.05, 0.1) is 30.2 Å². The predicted octanol–water partition coefficient (Wildman–Crippen LogP) is 3.40. The maximum atomic E-state index is 15.1. The molecule has 0 saturated carbocycles. The first-order valence-corrected chi connectivity index (χ1v) is 9.95. The molecule has 2 heterocycles. The van der Waals surface area contributed by atoms with Crippen LogP contribution in [0, 0.1) is 23.5 Å². The van der Waals surface area contributed by atoms with Crippen molar-refractivity contribution in [2.75, 3.05) is 13.2 Å². The molecule has 158 valence electrons. The van der Waals surface area contributed by atoms with Crippen LogP contribution in [-0.2, 0) is 4.74 Å². The first kappa shape index (κ1) is 19.9. The van der Waals surface area contributed by atoms with Crippen LogP contribution in [0.25, 0.3) is 16.6 Å². The van der Waals surface area contributed by atoms with E-state index < -0.39 is 28.6 Å². The molecular formula is C25H16F2N2O3. The van der Waals surface area contributed by atoms with Crippen LogP contribution in [0.15, 0.2) is 76.3 Å². The number of nitrogens with zero attached hydrogens (tertiary/aromatic N) is 2. The number of hydrogen-bond acceptors (Lipinski definition) is 3. The van der Waals surface area contributed by atoms with Gasteiger partial charge < -0.3 is 4.74 Å². The maximum Gasteiger partial charge on any atom is 0.336 e. The van der Waals surface area contributed by atoms with E-state index in [1.165, 1.54) is 10.6 Å². The zero-order valence-corrected chi connectivity index (χ0v) is 16.7. The molecule has 0 atom stereocenters. The molecule has 0 aliphatic carbocycles. The average molecular weight is 430 g/mol. The van der Waals surface area contributed by atoms with E-state index in [1.807, 2.05) is 6.07 Å². The van der Waals surface area contributed by atoms with E-state index in [0.29, 0.717) is 15.6 Å². The summed E-state index contributed by atoms with van der Waals surface area (Å²) in [5.74, 6) is 3.44. The van der Waals surface area contributed by atoms with E-state index in [0.717, 1.165) is 12.1 Å². The summed E-state index contributed by atoms with van der Waals surface area (Å²) in [6.07, 6.45) is 0. The Labute approximate surface area is 181 Å². The highest BCUT2D eigenvalue weighted by molar-refractivity contribution is 5.78. The van der Waals surface area contributed by atoms with Crippen LogP contribution in [0.1, 0.15) is 17.2 Å². The van der Waals surface area contributed by atoms with Gasteiger partial charge in [0.2, 0.25) is 0 Å². The van der Waals surface area contributed by atoms with Crippen molar-refractivity contribution >= 4 is 10.9 Å². The van der Waals surface area contributed by atoms with Gasteiger partial charge in [-0.3, -0.25) is 9.36 Å². The second kappa shape index (κ2) is 7.91. The van der Waals surface area contributed by atoms with Gasteiger partial charge in [-0.2, -0.15) is 0 Å². The summed E-state index contributed by atoms with van der Waals surface area (Å²) in [5.41, 5.74) is -1.14. The Morgan fingerprint density at radius 3 is 2.12 bits per heavy atom. The minimum Gasteiger partial charge on any atom is -0.377 e. The highest BCUT2D eigenvalue weighted by Gasteiger charge is 2.27. The van der Waals surface area contributed by atoms with Crippen LogP contribution in [0.3, 0.4) is 0 Å². The highest BCUT2D eigenvalue weighted by Crippen LogP contribution is 2.22. The van der Waals surface area contributed by atoms with Gasteiger partial charge in [-0.25, -0.2) is 18.1 Å². The standard InChI is InChI=1S/C25H16F2N2O3/c26-20-12-17(11-10-16-6-2-1-3-7-16)13-21(27)23(20)29-24(30)19-8-4-5-9-22(19)28(25(29)31)18-14-32-15-18/h1-9,12-13,18H,14-15H2. The molecule has 1 aromatic heterocycles. The molecule has 0 spiro atoms. The molecule has 5 rings (SSSR count). The average Bonchev–Trinajstić information content (AvgIpc) is 2.76. The van der Waals surface area contributed by atoms with Crippen LogP contribution < -0.4 is 11.2 Å². The summed E-state index contributed by atoms with van der Waals surface area (Å²) in [7, 11) is 0. The van der Waals surface area contributed by atoms with Crippen LogP contribution in [0.5, 0.6) is 0 Å². The van der Waals surface area contributed by atoms with Crippen LogP contribution in [0.4, 0.5) is 8.78 Å². The smallest absolute Gasteiger partial charge is 0.336 e. The number of halogens is 2. The van der Waals surface area contributed by atoms with E-state index in [1.54, 1.807) is 42.5 Å². The summed E-state index contributed by atoms with van der Waals surface area (Å²) in [6.45, 7) is 0.558. The Morgan fingerprint density at radius 1 is 0.844 bits per heavy atom. The molecule has 5 nitrogen and oxygen atoms in total. The lowest BCUT2D eigenvalue weighted by Crippen LogP contribution is -2.45. The van der Waals surface area contributed by atoms with Gasteiger partial charge in [0.1, 0.15) is 5.69 Å². The minimum atomic E-state index is -1.05. The topological polar surface area (TPSA) is 53.2 Å². The molecule has 1 aliphatic rings. The van der Waals surface area contributed by atoms with Crippen molar-refractivity contribution < 1.29 is 13.5 Å². The summed E-state index contributed by atoms with van der Waals surface area (Å²) in [6, 6.07) is 17.2. The van der Waals surface area contributed by atoms with Gasteiger partial charge in [-0.15, -0.1) is 0 Å². The monoisotopic (exact) mass is 430 g/mol. The van der Waals surface area contributed by atoms with E-state index in [4.69, 9.17) is 4.74 Å². The van der Waals surface area contributed by atoms with Gasteiger partial charge in [0.25, 0.3) is 5.56 Å². The first-order chi connectivity index (χ1) is 15.5. The number of benzene rings is 3. The highest BCUT2D eigenvalue weighted by atomic mass is 19.1. The third-order valence-corrected chi connectivity index (χ3v) is 5.35. The lowest BCUT2D eigenvalue weighted by atomic mass is 10.1. The number of aromatic nitrogens is 2. The van der Waals surface area contributed by atoms with Crippen molar-refractivity contribution in [3.63, 3.8) is 0 Å². The van der Waals surface area contributed by atoms with Crippen molar-refractivity contribution in [2.24, 2.45) is 0 Å². The van der Waals surface area contributed by atoms with Gasteiger partial charge in [0, 0.05) is 11.1 Å². The van der Waals surface area contributed by atoms with Crippen LogP contribution in [0.2, 0.25) is 0 Å². The zero-order chi connectivity index (χ0) is 22.2. The third-order valence-electron chi connectivity index (χ3n) is 5.35. The maximum absolute atomic E-state index is 15.1. The number of hydrogen-bond donors (Lipinski definition) is 0. The van der Waals surface area contributed by atoms with Crippen molar-refractivity contribution in [3.05, 3.63) is 110 Å². The summed E-state index contributed by atoms with van der Waals surface area (Å²) in [5, 5.41) is 0.186. The fourth-order valence-electron chi connectivity index (χ4n) is 3.72. The van der Waals surface area contributed by atoms with E-state index in [-0.39, 0.29) is 30.2 Å². The van der Waals surface area contributed by atoms with Gasteiger partial charge in [-0.05, 0) is 36.4 Å². The third kappa shape index (κ3) is 3.31. The minimum absolute atomic E-state index is 0.0918. The van der Waals surface area contributed by atoms with Crippen molar-refractivity contribution in [1.29, 1.82) is 0 Å². The normalized spacial score (nSPS) is 13.4. The number of fused-ring (bicyclic) bond motifs is 1. The molecule has 1 saturated heterocycles. The molecule has 1 fully saturated rings. The molecular weight excluding hydrogens is 414 g/mol. The molecule has 0 bridgehead atoms. The molecule has 0 N–H and O–H groups in total. The van der Waals surface area contributed by atoms with Crippen molar-refractivity contribution in [2.45, 2.75) is 6.04 Å². The van der Waals surface area contributed by atoms with Crippen molar-refractivity contribution in [1.82, 2.24) is 9.13 Å². The summed E-state index contributed by atoms with van der Waals surface area (Å²) < 4.78 is 37.2. The van der Waals surface area contributed by atoms with Crippen LogP contribution in [-0.4, -0.2) is 22.3 Å². The Balaban J connectivity index is 1.70. The molecule has 0 unspecified atom stereocenters. The quantitative estimate of drug-likeness (QED) is 0.458. The van der Waals surface area contributed by atoms with Gasteiger partial charge in [0.15, 0.2) is 11.6 Å². The van der Waals surface area contributed by atoms with Crippen molar-refractivity contribution in [3.8, 4) is 17.5 Å². The Kier molecular flexibility index (Phi) is 4.92.